The summed E-state index contributed by atoms with van der Waals surface area (Å²) in [4.78, 5) is 13.1. The lowest BCUT2D eigenvalue weighted by atomic mass is 9.70. The summed E-state index contributed by atoms with van der Waals surface area (Å²) >= 11 is 0. The van der Waals surface area contributed by atoms with Gasteiger partial charge >= 0.3 is 5.97 Å². The molecule has 1 unspecified atom stereocenters. The van der Waals surface area contributed by atoms with Crippen molar-refractivity contribution < 1.29 is 9.90 Å². The lowest BCUT2D eigenvalue weighted by Gasteiger charge is -2.31. The molecule has 0 bridgehead atoms. The van der Waals surface area contributed by atoms with Gasteiger partial charge in [0, 0.05) is 17.9 Å². The molecule has 1 heterocycles. The Morgan fingerprint density at radius 3 is 1.94 bits per heavy atom. The summed E-state index contributed by atoms with van der Waals surface area (Å²) < 4.78 is 2.22. The molecule has 0 radical (unpaired) electrons. The highest BCUT2D eigenvalue weighted by Crippen LogP contribution is 2.40. The van der Waals surface area contributed by atoms with E-state index in [2.05, 4.69) is 29.7 Å². The van der Waals surface area contributed by atoms with Gasteiger partial charge in [0.25, 0.3) is 0 Å². The predicted octanol–water partition coefficient (Wildman–Crippen LogP) is 6.08. The normalized spacial score (nSPS) is 13.0. The smallest absolute Gasteiger partial charge is 0.319 e. The zero-order valence-corrected chi connectivity index (χ0v) is 18.9. The lowest BCUT2D eigenvalue weighted by molar-refractivity contribution is -0.142. The minimum atomic E-state index is -1.17. The Kier molecular flexibility index (Phi) is 6.00. The maximum atomic E-state index is 13.1. The number of aliphatic carboxylic acids is 1. The first kappa shape index (κ1) is 21.6. The SMILES string of the molecule is Cc1ccc(C(Cc2ccccc2)(C(=O)O)c2cc(C)n(Cc3ccccc3)c2C)cc1. The molecule has 3 aromatic carbocycles. The molecule has 4 aromatic rings. The number of rotatable bonds is 7. The van der Waals surface area contributed by atoms with Gasteiger partial charge < -0.3 is 9.67 Å². The van der Waals surface area contributed by atoms with Crippen LogP contribution in [0.25, 0.3) is 0 Å². The van der Waals surface area contributed by atoms with Crippen LogP contribution < -0.4 is 0 Å². The molecule has 1 N–H and O–H groups in total. The molecule has 162 valence electrons. The molecule has 3 nitrogen and oxygen atoms in total. The predicted molar refractivity (Wildman–Crippen MR) is 129 cm³/mol. The van der Waals surface area contributed by atoms with Crippen molar-refractivity contribution in [3.8, 4) is 0 Å². The molecule has 0 saturated heterocycles. The van der Waals surface area contributed by atoms with E-state index in [0.717, 1.165) is 33.6 Å². The Morgan fingerprint density at radius 1 is 0.812 bits per heavy atom. The first-order valence-corrected chi connectivity index (χ1v) is 11.0. The van der Waals surface area contributed by atoms with E-state index in [1.165, 1.54) is 5.56 Å². The van der Waals surface area contributed by atoms with Gasteiger partial charge in [-0.1, -0.05) is 90.5 Å². The van der Waals surface area contributed by atoms with Crippen molar-refractivity contribution in [3.63, 3.8) is 0 Å². The van der Waals surface area contributed by atoms with Gasteiger partial charge in [0.2, 0.25) is 0 Å². The number of hydrogen-bond acceptors (Lipinski definition) is 1. The number of aromatic nitrogens is 1. The number of aryl methyl sites for hydroxylation is 2. The average Bonchev–Trinajstić information content (AvgIpc) is 3.08. The number of carboxylic acid groups (broad SMARTS) is 1. The van der Waals surface area contributed by atoms with Crippen LogP contribution in [-0.2, 0) is 23.2 Å². The van der Waals surface area contributed by atoms with Crippen LogP contribution in [0.2, 0.25) is 0 Å². The molecule has 0 aliphatic rings. The van der Waals surface area contributed by atoms with Crippen molar-refractivity contribution in [1.29, 1.82) is 0 Å². The zero-order valence-electron chi connectivity index (χ0n) is 18.9. The summed E-state index contributed by atoms with van der Waals surface area (Å²) in [7, 11) is 0. The molecular formula is C29H29NO2. The van der Waals surface area contributed by atoms with Crippen LogP contribution in [0.5, 0.6) is 0 Å². The third kappa shape index (κ3) is 3.99. The van der Waals surface area contributed by atoms with Crippen LogP contribution >= 0.6 is 0 Å². The molecule has 0 fully saturated rings. The summed E-state index contributed by atoms with van der Waals surface area (Å²) in [5.41, 5.74) is 5.85. The van der Waals surface area contributed by atoms with Gasteiger partial charge in [-0.15, -0.1) is 0 Å². The van der Waals surface area contributed by atoms with Crippen LogP contribution in [-0.4, -0.2) is 15.6 Å². The molecule has 1 atom stereocenters. The standard InChI is InChI=1S/C29H29NO2/c1-21-14-16-26(17-15-21)29(28(31)32,19-24-10-6-4-7-11-24)27-18-22(2)30(23(27)3)20-25-12-8-5-9-13-25/h4-18H,19-20H2,1-3H3,(H,31,32). The Labute approximate surface area is 190 Å². The van der Waals surface area contributed by atoms with E-state index in [9.17, 15) is 9.90 Å². The fraction of sp³-hybridized carbons (Fsp3) is 0.207. The third-order valence-corrected chi connectivity index (χ3v) is 6.44. The number of nitrogens with zero attached hydrogens (tertiary/aromatic N) is 1. The zero-order chi connectivity index (χ0) is 22.7. The first-order valence-electron chi connectivity index (χ1n) is 11.0. The molecule has 0 aliphatic carbocycles. The van der Waals surface area contributed by atoms with Crippen LogP contribution in [0.1, 0.15) is 39.2 Å². The molecule has 0 aliphatic heterocycles. The van der Waals surface area contributed by atoms with Gasteiger partial charge in [-0.05, 0) is 55.5 Å². The molecule has 0 amide bonds. The van der Waals surface area contributed by atoms with Crippen molar-refractivity contribution in [3.05, 3.63) is 130 Å². The van der Waals surface area contributed by atoms with Gasteiger partial charge in [-0.2, -0.15) is 0 Å². The summed E-state index contributed by atoms with van der Waals surface area (Å²) in [6.45, 7) is 6.84. The second-order valence-electron chi connectivity index (χ2n) is 8.60. The molecular weight excluding hydrogens is 394 g/mol. The minimum absolute atomic E-state index is 0.391. The Hall–Kier alpha value is -3.59. The van der Waals surface area contributed by atoms with Crippen molar-refractivity contribution in [2.24, 2.45) is 0 Å². The van der Waals surface area contributed by atoms with E-state index in [-0.39, 0.29) is 0 Å². The van der Waals surface area contributed by atoms with E-state index in [0.29, 0.717) is 13.0 Å². The Morgan fingerprint density at radius 2 is 1.38 bits per heavy atom. The second kappa shape index (κ2) is 8.88. The van der Waals surface area contributed by atoms with Crippen molar-refractivity contribution in [2.45, 2.75) is 39.2 Å². The molecule has 32 heavy (non-hydrogen) atoms. The molecule has 0 spiro atoms. The van der Waals surface area contributed by atoms with Crippen molar-refractivity contribution in [1.82, 2.24) is 4.57 Å². The molecule has 4 rings (SSSR count). The van der Waals surface area contributed by atoms with Crippen LogP contribution in [0, 0.1) is 20.8 Å². The Bertz CT molecular complexity index is 1210. The topological polar surface area (TPSA) is 42.2 Å². The Balaban J connectivity index is 1.91. The summed E-state index contributed by atoms with van der Waals surface area (Å²) in [6.07, 6.45) is 0.391. The monoisotopic (exact) mass is 423 g/mol. The molecule has 1 aromatic heterocycles. The fourth-order valence-corrected chi connectivity index (χ4v) is 4.65. The number of carboxylic acids is 1. The van der Waals surface area contributed by atoms with Crippen LogP contribution in [0.4, 0.5) is 0 Å². The van der Waals surface area contributed by atoms with E-state index >= 15 is 0 Å². The van der Waals surface area contributed by atoms with E-state index in [4.69, 9.17) is 0 Å². The number of carbonyl (C=O) groups is 1. The summed E-state index contributed by atoms with van der Waals surface area (Å²) in [5.74, 6) is -0.829. The van der Waals surface area contributed by atoms with E-state index in [1.54, 1.807) is 0 Å². The van der Waals surface area contributed by atoms with E-state index < -0.39 is 11.4 Å². The lowest BCUT2D eigenvalue weighted by Crippen LogP contribution is -2.40. The van der Waals surface area contributed by atoms with Crippen LogP contribution in [0.15, 0.2) is 91.0 Å². The maximum absolute atomic E-state index is 13.1. The maximum Gasteiger partial charge on any atom is 0.319 e. The quantitative estimate of drug-likeness (QED) is 0.392. The highest BCUT2D eigenvalue weighted by Gasteiger charge is 2.44. The van der Waals surface area contributed by atoms with Gasteiger partial charge in [0.05, 0.1) is 0 Å². The van der Waals surface area contributed by atoms with Gasteiger partial charge in [0.1, 0.15) is 5.41 Å². The summed E-state index contributed by atoms with van der Waals surface area (Å²) in [6, 6.07) is 30.2. The molecule has 0 saturated carbocycles. The highest BCUT2D eigenvalue weighted by atomic mass is 16.4. The van der Waals surface area contributed by atoms with Crippen LogP contribution in [0.3, 0.4) is 0 Å². The van der Waals surface area contributed by atoms with Gasteiger partial charge in [0.15, 0.2) is 0 Å². The van der Waals surface area contributed by atoms with Crippen molar-refractivity contribution >= 4 is 5.97 Å². The average molecular weight is 424 g/mol. The third-order valence-electron chi connectivity index (χ3n) is 6.44. The fourth-order valence-electron chi connectivity index (χ4n) is 4.65. The minimum Gasteiger partial charge on any atom is -0.480 e. The number of benzene rings is 3. The first-order chi connectivity index (χ1) is 15.4. The van der Waals surface area contributed by atoms with E-state index in [1.807, 2.05) is 86.6 Å². The highest BCUT2D eigenvalue weighted by molar-refractivity contribution is 5.87. The molecule has 3 heteroatoms. The summed E-state index contributed by atoms with van der Waals surface area (Å²) in [5, 5.41) is 10.8. The largest absolute Gasteiger partial charge is 0.480 e. The van der Waals surface area contributed by atoms with Crippen molar-refractivity contribution in [2.75, 3.05) is 0 Å². The second-order valence-corrected chi connectivity index (χ2v) is 8.60. The van der Waals surface area contributed by atoms with Gasteiger partial charge in [-0.3, -0.25) is 4.79 Å². The number of hydrogen-bond donors (Lipinski definition) is 1. The van der Waals surface area contributed by atoms with Gasteiger partial charge in [-0.25, -0.2) is 0 Å².